The Hall–Kier alpha value is -0.770. The molecule has 2 N–H and O–H groups in total. The number of nitrogens with one attached hydrogen (secondary N) is 2. The van der Waals surface area contributed by atoms with E-state index >= 15 is 0 Å². The summed E-state index contributed by atoms with van der Waals surface area (Å²) >= 11 is 0. The van der Waals surface area contributed by atoms with Crippen molar-refractivity contribution in [3.8, 4) is 0 Å². The van der Waals surface area contributed by atoms with E-state index in [1.165, 1.54) is 12.8 Å². The van der Waals surface area contributed by atoms with Crippen molar-refractivity contribution in [2.45, 2.75) is 84.4 Å². The molecule has 4 heteroatoms. The van der Waals surface area contributed by atoms with Crippen LogP contribution >= 0.6 is 0 Å². The van der Waals surface area contributed by atoms with Gasteiger partial charge in [-0.2, -0.15) is 0 Å². The largest absolute Gasteiger partial charge is 0.444 e. The van der Waals surface area contributed by atoms with Crippen molar-refractivity contribution in [3.63, 3.8) is 0 Å². The van der Waals surface area contributed by atoms with Crippen molar-refractivity contribution < 1.29 is 9.53 Å². The summed E-state index contributed by atoms with van der Waals surface area (Å²) in [4.78, 5) is 12.0. The molecule has 1 amide bonds. The first-order valence-electron chi connectivity index (χ1n) is 7.94. The molecule has 0 aromatic carbocycles. The molecule has 118 valence electrons. The lowest BCUT2D eigenvalue weighted by molar-refractivity contribution is 0.0439. The van der Waals surface area contributed by atoms with Gasteiger partial charge >= 0.3 is 6.09 Å². The first-order chi connectivity index (χ1) is 9.19. The highest BCUT2D eigenvalue weighted by Crippen LogP contribution is 2.27. The molecule has 0 aromatic rings. The average Bonchev–Trinajstić information content (AvgIpc) is 2.29. The lowest BCUT2D eigenvalue weighted by Crippen LogP contribution is -2.57. The van der Waals surface area contributed by atoms with Crippen molar-refractivity contribution in [3.05, 3.63) is 0 Å². The summed E-state index contributed by atoms with van der Waals surface area (Å²) in [6.07, 6.45) is 3.98. The predicted octanol–water partition coefficient (Wildman–Crippen LogP) is 3.46. The molecule has 1 saturated carbocycles. The summed E-state index contributed by atoms with van der Waals surface area (Å²) in [5.74, 6) is 0.837. The molecule has 0 saturated heterocycles. The first-order valence-corrected chi connectivity index (χ1v) is 7.94. The number of carbonyl (C=O) groups excluding carboxylic acids is 1. The van der Waals surface area contributed by atoms with Gasteiger partial charge in [-0.15, -0.1) is 0 Å². The molecule has 20 heavy (non-hydrogen) atoms. The van der Waals surface area contributed by atoms with Crippen molar-refractivity contribution in [1.82, 2.24) is 10.6 Å². The minimum atomic E-state index is -0.450. The molecule has 0 heterocycles. The van der Waals surface area contributed by atoms with E-state index in [4.69, 9.17) is 4.74 Å². The molecule has 1 fully saturated rings. The molecule has 0 spiro atoms. The van der Waals surface area contributed by atoms with Gasteiger partial charge in [-0.3, -0.25) is 0 Å². The SMILES string of the molecule is CCC(CC)(CNC1CC(C)C1)NC(=O)OC(C)(C)C. The molecule has 4 nitrogen and oxygen atoms in total. The molecule has 1 aliphatic carbocycles. The summed E-state index contributed by atoms with van der Waals surface area (Å²) in [6, 6.07) is 0.614. The third kappa shape index (κ3) is 5.31. The second-order valence-corrected chi connectivity index (χ2v) is 7.27. The highest BCUT2D eigenvalue weighted by atomic mass is 16.6. The Morgan fingerprint density at radius 2 is 1.75 bits per heavy atom. The van der Waals surface area contributed by atoms with Crippen LogP contribution in [0.15, 0.2) is 0 Å². The summed E-state index contributed by atoms with van der Waals surface area (Å²) < 4.78 is 5.38. The third-order valence-electron chi connectivity index (χ3n) is 4.22. The number of rotatable bonds is 6. The van der Waals surface area contributed by atoms with E-state index in [2.05, 4.69) is 31.4 Å². The lowest BCUT2D eigenvalue weighted by atomic mass is 9.81. The van der Waals surface area contributed by atoms with Crippen LogP contribution in [0.1, 0.15) is 67.2 Å². The molecule has 1 aliphatic rings. The number of hydrogen-bond acceptors (Lipinski definition) is 3. The minimum Gasteiger partial charge on any atom is -0.444 e. The number of ether oxygens (including phenoxy) is 1. The molecule has 0 radical (unpaired) electrons. The Morgan fingerprint density at radius 3 is 2.15 bits per heavy atom. The van der Waals surface area contributed by atoms with Gasteiger partial charge in [0.05, 0.1) is 5.54 Å². The maximum Gasteiger partial charge on any atom is 0.408 e. The number of amides is 1. The van der Waals surface area contributed by atoms with Gasteiger partial charge in [0.15, 0.2) is 0 Å². The van der Waals surface area contributed by atoms with Crippen LogP contribution in [0.5, 0.6) is 0 Å². The Labute approximate surface area is 124 Å². The third-order valence-corrected chi connectivity index (χ3v) is 4.22. The number of carbonyl (C=O) groups is 1. The Bertz CT molecular complexity index is 313. The van der Waals surface area contributed by atoms with Gasteiger partial charge in [0, 0.05) is 12.6 Å². The maximum absolute atomic E-state index is 12.0. The zero-order chi connectivity index (χ0) is 15.4. The topological polar surface area (TPSA) is 50.4 Å². The van der Waals surface area contributed by atoms with Crippen LogP contribution < -0.4 is 10.6 Å². The van der Waals surface area contributed by atoms with E-state index in [1.807, 2.05) is 20.8 Å². The van der Waals surface area contributed by atoms with Gasteiger partial charge in [-0.05, 0) is 52.4 Å². The van der Waals surface area contributed by atoms with Gasteiger partial charge < -0.3 is 15.4 Å². The monoisotopic (exact) mass is 284 g/mol. The average molecular weight is 284 g/mol. The highest BCUT2D eigenvalue weighted by Gasteiger charge is 2.33. The van der Waals surface area contributed by atoms with E-state index in [0.717, 1.165) is 25.3 Å². The second-order valence-electron chi connectivity index (χ2n) is 7.27. The molecule has 0 aromatic heterocycles. The van der Waals surface area contributed by atoms with E-state index < -0.39 is 5.60 Å². The number of hydrogen-bond donors (Lipinski definition) is 2. The summed E-state index contributed by atoms with van der Waals surface area (Å²) in [5, 5.41) is 6.67. The smallest absolute Gasteiger partial charge is 0.408 e. The second kappa shape index (κ2) is 6.79. The molecular weight excluding hydrogens is 252 g/mol. The van der Waals surface area contributed by atoms with Gasteiger partial charge in [0.1, 0.15) is 5.60 Å². The molecular formula is C16H32N2O2. The number of alkyl carbamates (subject to hydrolysis) is 1. The van der Waals surface area contributed by atoms with E-state index in [9.17, 15) is 4.79 Å². The lowest BCUT2D eigenvalue weighted by Gasteiger charge is -2.39. The highest BCUT2D eigenvalue weighted by molar-refractivity contribution is 5.68. The minimum absolute atomic E-state index is 0.207. The van der Waals surface area contributed by atoms with Gasteiger partial charge in [0.2, 0.25) is 0 Å². The fourth-order valence-electron chi connectivity index (χ4n) is 2.65. The fourth-order valence-corrected chi connectivity index (χ4v) is 2.65. The van der Waals surface area contributed by atoms with Crippen molar-refractivity contribution in [2.75, 3.05) is 6.54 Å². The fraction of sp³-hybridized carbons (Fsp3) is 0.938. The Balaban J connectivity index is 2.50. The van der Waals surface area contributed by atoms with Crippen LogP contribution in [0.4, 0.5) is 4.79 Å². The van der Waals surface area contributed by atoms with E-state index in [-0.39, 0.29) is 11.6 Å². The van der Waals surface area contributed by atoms with Crippen molar-refractivity contribution in [2.24, 2.45) is 5.92 Å². The molecule has 0 bridgehead atoms. The zero-order valence-electron chi connectivity index (χ0n) is 14.0. The van der Waals surface area contributed by atoms with Crippen LogP contribution in [0.2, 0.25) is 0 Å². The van der Waals surface area contributed by atoms with Crippen LogP contribution in [0.25, 0.3) is 0 Å². The maximum atomic E-state index is 12.0. The van der Waals surface area contributed by atoms with Crippen LogP contribution in [-0.4, -0.2) is 29.8 Å². The standard InChI is InChI=1S/C16H32N2O2/c1-7-16(8-2,11-17-13-9-12(3)10-13)18-14(19)20-15(4,5)6/h12-13,17H,7-11H2,1-6H3,(H,18,19). The summed E-state index contributed by atoms with van der Waals surface area (Å²) in [7, 11) is 0. The van der Waals surface area contributed by atoms with Gasteiger partial charge in [-0.1, -0.05) is 20.8 Å². The van der Waals surface area contributed by atoms with Gasteiger partial charge in [0.25, 0.3) is 0 Å². The predicted molar refractivity (Wildman–Crippen MR) is 82.9 cm³/mol. The first kappa shape index (κ1) is 17.3. The molecule has 0 aliphatic heterocycles. The Morgan fingerprint density at radius 1 is 1.20 bits per heavy atom. The van der Waals surface area contributed by atoms with E-state index in [1.54, 1.807) is 0 Å². The molecule has 0 atom stereocenters. The van der Waals surface area contributed by atoms with Crippen molar-refractivity contribution in [1.29, 1.82) is 0 Å². The van der Waals surface area contributed by atoms with Gasteiger partial charge in [-0.25, -0.2) is 4.79 Å². The molecule has 1 rings (SSSR count). The summed E-state index contributed by atoms with van der Waals surface area (Å²) in [5.41, 5.74) is -0.657. The zero-order valence-corrected chi connectivity index (χ0v) is 14.0. The molecule has 0 unspecified atom stereocenters. The van der Waals surface area contributed by atoms with E-state index in [0.29, 0.717) is 6.04 Å². The summed E-state index contributed by atoms with van der Waals surface area (Å²) in [6.45, 7) is 13.0. The quantitative estimate of drug-likeness (QED) is 0.785. The Kier molecular flexibility index (Phi) is 5.87. The van der Waals surface area contributed by atoms with Crippen LogP contribution in [-0.2, 0) is 4.74 Å². The normalized spacial score (nSPS) is 23.1. The van der Waals surface area contributed by atoms with Crippen LogP contribution in [0.3, 0.4) is 0 Å². The van der Waals surface area contributed by atoms with Crippen LogP contribution in [0, 0.1) is 5.92 Å². The van der Waals surface area contributed by atoms with Crippen molar-refractivity contribution >= 4 is 6.09 Å².